The van der Waals surface area contributed by atoms with Gasteiger partial charge in [-0.25, -0.2) is 14.3 Å². The van der Waals surface area contributed by atoms with Gasteiger partial charge in [0.1, 0.15) is 24.0 Å². The van der Waals surface area contributed by atoms with E-state index in [9.17, 15) is 14.7 Å². The summed E-state index contributed by atoms with van der Waals surface area (Å²) >= 11 is 3.73. The summed E-state index contributed by atoms with van der Waals surface area (Å²) in [6.45, 7) is 5.59. The van der Waals surface area contributed by atoms with Gasteiger partial charge >= 0.3 is 12.1 Å². The second-order valence-electron chi connectivity index (χ2n) is 8.67. The Bertz CT molecular complexity index is 1470. The first-order valence-electron chi connectivity index (χ1n) is 11.1. The Hall–Kier alpha value is -3.73. The van der Waals surface area contributed by atoms with E-state index in [1.165, 1.54) is 0 Å². The molecule has 180 valence electrons. The van der Waals surface area contributed by atoms with Crippen LogP contribution in [0.1, 0.15) is 19.4 Å². The Kier molecular flexibility index (Phi) is 5.79. The number of aromatic nitrogens is 4. The van der Waals surface area contributed by atoms with Crippen LogP contribution in [0, 0.1) is 12.8 Å². The summed E-state index contributed by atoms with van der Waals surface area (Å²) < 4.78 is 13.8. The number of rotatable bonds is 7. The third-order valence-corrected chi connectivity index (χ3v) is 6.84. The van der Waals surface area contributed by atoms with Crippen LogP contribution in [0.4, 0.5) is 4.79 Å². The van der Waals surface area contributed by atoms with Crippen LogP contribution in [0.2, 0.25) is 0 Å². The molecule has 1 amide bonds. The Morgan fingerprint density at radius 2 is 1.97 bits per heavy atom. The van der Waals surface area contributed by atoms with Crippen LogP contribution >= 0.6 is 15.9 Å². The molecule has 5 rings (SSSR count). The number of amides is 1. The van der Waals surface area contributed by atoms with Crippen molar-refractivity contribution in [3.63, 3.8) is 0 Å². The van der Waals surface area contributed by atoms with Crippen molar-refractivity contribution in [3.05, 3.63) is 40.4 Å². The van der Waals surface area contributed by atoms with Crippen molar-refractivity contribution in [1.29, 1.82) is 0 Å². The zero-order chi connectivity index (χ0) is 24.9. The fraction of sp³-hybridized carbons (Fsp3) is 0.292. The fourth-order valence-electron chi connectivity index (χ4n) is 4.41. The van der Waals surface area contributed by atoms with Gasteiger partial charge in [0.05, 0.1) is 11.0 Å². The summed E-state index contributed by atoms with van der Waals surface area (Å²) in [5.41, 5.74) is 5.56. The van der Waals surface area contributed by atoms with E-state index in [1.54, 1.807) is 18.5 Å². The second-order valence-corrected chi connectivity index (χ2v) is 9.46. The summed E-state index contributed by atoms with van der Waals surface area (Å²) in [6, 6.07) is 8.92. The molecular formula is C24H22BrN5O5. The lowest BCUT2D eigenvalue weighted by atomic mass is 9.92. The van der Waals surface area contributed by atoms with Crippen molar-refractivity contribution < 1.29 is 23.8 Å². The molecule has 2 aromatic heterocycles. The zero-order valence-electron chi connectivity index (χ0n) is 19.2. The Morgan fingerprint density at radius 1 is 1.20 bits per heavy atom. The number of furan rings is 1. The van der Waals surface area contributed by atoms with E-state index in [1.807, 2.05) is 37.3 Å². The van der Waals surface area contributed by atoms with Crippen molar-refractivity contribution in [2.75, 3.05) is 6.61 Å². The SMILES string of the molecule is Cc1ccc2oc3c(Br)c2c1-c1cccc-3c1-c1nnnn1CCOC(=O)N[C@H](C(=O)O)C(C)C. The van der Waals surface area contributed by atoms with Gasteiger partial charge in [0.15, 0.2) is 5.82 Å². The van der Waals surface area contributed by atoms with Crippen molar-refractivity contribution in [2.45, 2.75) is 33.4 Å². The van der Waals surface area contributed by atoms with Gasteiger partial charge in [-0.2, -0.15) is 0 Å². The number of carbonyl (C=O) groups is 2. The summed E-state index contributed by atoms with van der Waals surface area (Å²) in [6.07, 6.45) is -0.811. The highest BCUT2D eigenvalue weighted by molar-refractivity contribution is 9.10. The Labute approximate surface area is 208 Å². The molecule has 4 aromatic rings. The van der Waals surface area contributed by atoms with Crippen LogP contribution in [0.15, 0.2) is 39.2 Å². The largest absolute Gasteiger partial charge is 0.480 e. The highest BCUT2D eigenvalue weighted by Gasteiger charge is 2.30. The van der Waals surface area contributed by atoms with Gasteiger partial charge in [0, 0.05) is 16.5 Å². The van der Waals surface area contributed by atoms with Crippen molar-refractivity contribution in [3.8, 4) is 33.8 Å². The minimum absolute atomic E-state index is 0.0472. The molecule has 1 aliphatic carbocycles. The predicted molar refractivity (Wildman–Crippen MR) is 131 cm³/mol. The third-order valence-electron chi connectivity index (χ3n) is 6.08. The Morgan fingerprint density at radius 3 is 2.71 bits per heavy atom. The van der Waals surface area contributed by atoms with Crippen LogP contribution in [-0.4, -0.2) is 50.0 Å². The molecule has 11 heteroatoms. The summed E-state index contributed by atoms with van der Waals surface area (Å²) in [4.78, 5) is 23.4. The highest BCUT2D eigenvalue weighted by atomic mass is 79.9. The zero-order valence-corrected chi connectivity index (χ0v) is 20.8. The standard InChI is InChI=1S/C24H22BrN5O5/c1-11(2)20(23(31)32)26-24(33)34-10-9-30-22(27-28-29-30)17-13-5-4-6-14(17)21-19(25)18-15(35-21)8-7-12(3)16(13)18/h4-8,11,20H,9-10H2,1-3H3,(H,26,33)(H,31,32)/t20-/m0/s1. The minimum Gasteiger partial charge on any atom is -0.480 e. The minimum atomic E-state index is -1.12. The predicted octanol–water partition coefficient (Wildman–Crippen LogP) is 4.64. The van der Waals surface area contributed by atoms with Crippen LogP contribution in [0.25, 0.3) is 44.8 Å². The average Bonchev–Trinajstić information content (AvgIpc) is 3.39. The lowest BCUT2D eigenvalue weighted by Gasteiger charge is -2.18. The number of fused-ring (bicyclic) bond motifs is 5. The molecule has 0 unspecified atom stereocenters. The normalized spacial score (nSPS) is 12.7. The van der Waals surface area contributed by atoms with Crippen LogP contribution in [0.3, 0.4) is 0 Å². The molecule has 1 atom stereocenters. The molecule has 1 aliphatic rings. The quantitative estimate of drug-likeness (QED) is 0.305. The third kappa shape index (κ3) is 3.85. The molecule has 0 spiro atoms. The monoisotopic (exact) mass is 539 g/mol. The maximum absolute atomic E-state index is 12.1. The molecule has 2 aromatic carbocycles. The number of halogens is 1. The molecule has 2 heterocycles. The van der Waals surface area contributed by atoms with E-state index in [0.717, 1.165) is 43.3 Å². The number of nitrogens with zero attached hydrogens (tertiary/aromatic N) is 4. The van der Waals surface area contributed by atoms with E-state index in [4.69, 9.17) is 9.15 Å². The number of carboxylic acids is 1. The molecule has 2 N–H and O–H groups in total. The maximum Gasteiger partial charge on any atom is 0.407 e. The smallest absolute Gasteiger partial charge is 0.407 e. The summed E-state index contributed by atoms with van der Waals surface area (Å²) in [5, 5.41) is 24.9. The van der Waals surface area contributed by atoms with E-state index in [-0.39, 0.29) is 19.1 Å². The number of benzene rings is 2. The second kappa shape index (κ2) is 8.81. The topological polar surface area (TPSA) is 132 Å². The van der Waals surface area contributed by atoms with Crippen LogP contribution in [0.5, 0.6) is 0 Å². The number of tetrazole rings is 1. The van der Waals surface area contributed by atoms with Crippen molar-refractivity contribution in [1.82, 2.24) is 25.5 Å². The molecular weight excluding hydrogens is 518 g/mol. The van der Waals surface area contributed by atoms with Crippen molar-refractivity contribution >= 4 is 39.0 Å². The molecule has 0 fully saturated rings. The molecule has 0 saturated carbocycles. The Balaban J connectivity index is 1.44. The van der Waals surface area contributed by atoms with Gasteiger partial charge in [-0.3, -0.25) is 0 Å². The first kappa shape index (κ1) is 23.0. The molecule has 4 bridgehead atoms. The van der Waals surface area contributed by atoms with Crippen LogP contribution in [-0.2, 0) is 16.1 Å². The molecule has 10 nitrogen and oxygen atoms in total. The number of hydrogen-bond donors (Lipinski definition) is 2. The number of carbonyl (C=O) groups excluding carboxylic acids is 1. The average molecular weight is 540 g/mol. The van der Waals surface area contributed by atoms with E-state index >= 15 is 0 Å². The van der Waals surface area contributed by atoms with Gasteiger partial charge < -0.3 is 19.6 Å². The van der Waals surface area contributed by atoms with E-state index in [0.29, 0.717) is 11.6 Å². The molecule has 35 heavy (non-hydrogen) atoms. The summed E-state index contributed by atoms with van der Waals surface area (Å²) in [7, 11) is 0. The number of hydrogen-bond acceptors (Lipinski definition) is 7. The van der Waals surface area contributed by atoms with E-state index in [2.05, 4.69) is 36.8 Å². The van der Waals surface area contributed by atoms with Gasteiger partial charge in [-0.05, 0) is 62.0 Å². The number of nitrogens with one attached hydrogen (secondary N) is 1. The van der Waals surface area contributed by atoms with Crippen molar-refractivity contribution in [2.24, 2.45) is 5.92 Å². The van der Waals surface area contributed by atoms with Gasteiger partial charge in [-0.15, -0.1) is 5.10 Å². The number of aryl methyl sites for hydroxylation is 1. The lowest BCUT2D eigenvalue weighted by Crippen LogP contribution is -2.44. The van der Waals surface area contributed by atoms with E-state index < -0.39 is 18.1 Å². The number of ether oxygens (including phenoxy) is 1. The number of carboxylic acid groups (broad SMARTS) is 1. The highest BCUT2D eigenvalue weighted by Crippen LogP contribution is 2.52. The summed E-state index contributed by atoms with van der Waals surface area (Å²) in [5.74, 6) is -0.206. The first-order valence-corrected chi connectivity index (χ1v) is 11.8. The molecule has 0 radical (unpaired) electrons. The van der Waals surface area contributed by atoms with Gasteiger partial charge in [-0.1, -0.05) is 38.1 Å². The molecule has 0 saturated heterocycles. The van der Waals surface area contributed by atoms with Gasteiger partial charge in [0.25, 0.3) is 0 Å². The fourth-order valence-corrected chi connectivity index (χ4v) is 5.10. The first-order chi connectivity index (χ1) is 16.8. The van der Waals surface area contributed by atoms with Gasteiger partial charge in [0.2, 0.25) is 0 Å². The maximum atomic E-state index is 12.1. The van der Waals surface area contributed by atoms with Crippen LogP contribution < -0.4 is 5.32 Å². The molecule has 0 aliphatic heterocycles. The number of aliphatic carboxylic acids is 1. The lowest BCUT2D eigenvalue weighted by molar-refractivity contribution is -0.140. The number of alkyl carbamates (subject to hydrolysis) is 1.